The van der Waals surface area contributed by atoms with Gasteiger partial charge < -0.3 is 9.88 Å². The third-order valence-electron chi connectivity index (χ3n) is 3.08. The van der Waals surface area contributed by atoms with Crippen LogP contribution in [0.4, 0.5) is 0 Å². The predicted molar refractivity (Wildman–Crippen MR) is 77.1 cm³/mol. The molecule has 2 aromatic rings. The highest BCUT2D eigenvalue weighted by Crippen LogP contribution is 2.25. The number of hydrogen-bond donors (Lipinski definition) is 1. The topological polar surface area (TPSA) is 17.0 Å². The fraction of sp³-hybridized carbons (Fsp3) is 0.286. The van der Waals surface area contributed by atoms with Crippen molar-refractivity contribution >= 4 is 23.2 Å². The van der Waals surface area contributed by atoms with Crippen LogP contribution in [0.15, 0.2) is 36.5 Å². The summed E-state index contributed by atoms with van der Waals surface area (Å²) in [6, 6.07) is 10.1. The second kappa shape index (κ2) is 5.79. The fourth-order valence-electron chi connectivity index (χ4n) is 1.84. The minimum atomic E-state index is 0.231. The van der Waals surface area contributed by atoms with E-state index in [4.69, 9.17) is 23.2 Å². The van der Waals surface area contributed by atoms with Gasteiger partial charge in [0.05, 0.1) is 10.0 Å². The zero-order valence-electron chi connectivity index (χ0n) is 10.5. The number of nitrogens with one attached hydrogen (secondary N) is 1. The van der Waals surface area contributed by atoms with Crippen LogP contribution in [0.25, 0.3) is 0 Å². The average molecular weight is 283 g/mol. The van der Waals surface area contributed by atoms with Gasteiger partial charge in [-0.15, -0.1) is 0 Å². The number of halogens is 2. The molecule has 0 saturated carbocycles. The van der Waals surface area contributed by atoms with E-state index in [1.165, 1.54) is 5.69 Å². The fourth-order valence-corrected chi connectivity index (χ4v) is 2.14. The minimum absolute atomic E-state index is 0.231. The highest BCUT2D eigenvalue weighted by molar-refractivity contribution is 6.42. The lowest BCUT2D eigenvalue weighted by Crippen LogP contribution is -2.19. The lowest BCUT2D eigenvalue weighted by Gasteiger charge is -2.15. The van der Waals surface area contributed by atoms with Crippen LogP contribution >= 0.6 is 23.2 Å². The Bertz CT molecular complexity index is 534. The number of aromatic nitrogens is 1. The summed E-state index contributed by atoms with van der Waals surface area (Å²) >= 11 is 11.9. The third-order valence-corrected chi connectivity index (χ3v) is 3.82. The summed E-state index contributed by atoms with van der Waals surface area (Å²) in [6.07, 6.45) is 2.04. The van der Waals surface area contributed by atoms with Crippen molar-refractivity contribution in [3.05, 3.63) is 57.8 Å². The molecule has 0 amide bonds. The Hall–Kier alpha value is -0.960. The van der Waals surface area contributed by atoms with Crippen LogP contribution in [-0.2, 0) is 13.6 Å². The van der Waals surface area contributed by atoms with Crippen LogP contribution in [0.2, 0.25) is 10.0 Å². The van der Waals surface area contributed by atoms with Gasteiger partial charge in [0.1, 0.15) is 0 Å². The SMILES string of the molecule is CC(NCc1cccn1C)c1ccc(Cl)c(Cl)c1. The first-order valence-corrected chi connectivity index (χ1v) is 6.62. The van der Waals surface area contributed by atoms with Gasteiger partial charge >= 0.3 is 0 Å². The van der Waals surface area contributed by atoms with Gasteiger partial charge in [0.25, 0.3) is 0 Å². The minimum Gasteiger partial charge on any atom is -0.353 e. The van der Waals surface area contributed by atoms with Gasteiger partial charge in [-0.05, 0) is 36.8 Å². The predicted octanol–water partition coefficient (Wildman–Crippen LogP) is 4.18. The summed E-state index contributed by atoms with van der Waals surface area (Å²) in [4.78, 5) is 0. The Morgan fingerprint density at radius 2 is 2.00 bits per heavy atom. The standard InChI is InChI=1S/C14H16Cl2N2/c1-10(11-5-6-13(15)14(16)8-11)17-9-12-4-3-7-18(12)2/h3-8,10,17H,9H2,1-2H3. The summed E-state index contributed by atoms with van der Waals surface area (Å²) < 4.78 is 2.11. The highest BCUT2D eigenvalue weighted by Gasteiger charge is 2.08. The molecule has 0 radical (unpaired) electrons. The number of benzene rings is 1. The molecule has 1 N–H and O–H groups in total. The Labute approximate surface area is 118 Å². The van der Waals surface area contributed by atoms with Crippen molar-refractivity contribution in [2.24, 2.45) is 7.05 Å². The van der Waals surface area contributed by atoms with Crippen molar-refractivity contribution in [3.63, 3.8) is 0 Å². The van der Waals surface area contributed by atoms with Crippen molar-refractivity contribution in [2.75, 3.05) is 0 Å². The summed E-state index contributed by atoms with van der Waals surface area (Å²) in [7, 11) is 2.04. The van der Waals surface area contributed by atoms with E-state index in [9.17, 15) is 0 Å². The van der Waals surface area contributed by atoms with E-state index in [1.807, 2.05) is 37.5 Å². The van der Waals surface area contributed by atoms with Crippen molar-refractivity contribution in [2.45, 2.75) is 19.5 Å². The molecule has 2 rings (SSSR count). The monoisotopic (exact) mass is 282 g/mol. The maximum Gasteiger partial charge on any atom is 0.0595 e. The molecule has 0 aliphatic carbocycles. The van der Waals surface area contributed by atoms with Crippen molar-refractivity contribution in [3.8, 4) is 0 Å². The molecule has 1 atom stereocenters. The molecule has 0 saturated heterocycles. The molecule has 18 heavy (non-hydrogen) atoms. The molecular weight excluding hydrogens is 267 g/mol. The Kier molecular flexibility index (Phi) is 4.33. The maximum absolute atomic E-state index is 6.02. The number of aryl methyl sites for hydroxylation is 1. The van der Waals surface area contributed by atoms with Crippen LogP contribution in [0, 0.1) is 0 Å². The summed E-state index contributed by atoms with van der Waals surface area (Å²) in [6.45, 7) is 2.94. The highest BCUT2D eigenvalue weighted by atomic mass is 35.5. The van der Waals surface area contributed by atoms with Crippen molar-refractivity contribution in [1.29, 1.82) is 0 Å². The van der Waals surface area contributed by atoms with Crippen LogP contribution in [0.3, 0.4) is 0 Å². The molecule has 0 fully saturated rings. The average Bonchev–Trinajstić information content (AvgIpc) is 2.75. The summed E-state index contributed by atoms with van der Waals surface area (Å²) in [5.74, 6) is 0. The zero-order chi connectivity index (χ0) is 13.1. The van der Waals surface area contributed by atoms with E-state index < -0.39 is 0 Å². The van der Waals surface area contributed by atoms with Crippen molar-refractivity contribution in [1.82, 2.24) is 9.88 Å². The summed E-state index contributed by atoms with van der Waals surface area (Å²) in [5.41, 5.74) is 2.39. The smallest absolute Gasteiger partial charge is 0.0595 e. The van der Waals surface area contributed by atoms with Crippen LogP contribution in [-0.4, -0.2) is 4.57 Å². The lowest BCUT2D eigenvalue weighted by atomic mass is 10.1. The molecule has 1 unspecified atom stereocenters. The van der Waals surface area contributed by atoms with E-state index in [-0.39, 0.29) is 6.04 Å². The molecule has 0 aliphatic rings. The molecule has 2 nitrogen and oxygen atoms in total. The van der Waals surface area contributed by atoms with E-state index in [0.717, 1.165) is 12.1 Å². The van der Waals surface area contributed by atoms with Gasteiger partial charge in [0.15, 0.2) is 0 Å². The van der Waals surface area contributed by atoms with Crippen LogP contribution in [0.1, 0.15) is 24.2 Å². The van der Waals surface area contributed by atoms with E-state index in [1.54, 1.807) is 0 Å². The van der Waals surface area contributed by atoms with Crippen molar-refractivity contribution < 1.29 is 0 Å². The first kappa shape index (κ1) is 13.5. The van der Waals surface area contributed by atoms with Gasteiger partial charge in [-0.2, -0.15) is 0 Å². The zero-order valence-corrected chi connectivity index (χ0v) is 12.0. The van der Waals surface area contributed by atoms with Gasteiger partial charge in [-0.3, -0.25) is 0 Å². The third kappa shape index (κ3) is 3.08. The quantitative estimate of drug-likeness (QED) is 0.890. The largest absolute Gasteiger partial charge is 0.353 e. The molecule has 0 aliphatic heterocycles. The number of rotatable bonds is 4. The van der Waals surface area contributed by atoms with Gasteiger partial charge in [-0.1, -0.05) is 29.3 Å². The molecule has 4 heteroatoms. The van der Waals surface area contributed by atoms with Gasteiger partial charge in [0, 0.05) is 31.5 Å². The van der Waals surface area contributed by atoms with Gasteiger partial charge in [0.2, 0.25) is 0 Å². The normalized spacial score (nSPS) is 12.7. The van der Waals surface area contributed by atoms with Gasteiger partial charge in [-0.25, -0.2) is 0 Å². The molecule has 0 bridgehead atoms. The summed E-state index contributed by atoms with van der Waals surface area (Å²) in [5, 5.41) is 4.66. The molecular formula is C14H16Cl2N2. The molecule has 96 valence electrons. The second-order valence-electron chi connectivity index (χ2n) is 4.39. The number of nitrogens with zero attached hydrogens (tertiary/aromatic N) is 1. The molecule has 0 spiro atoms. The molecule has 1 aromatic heterocycles. The van der Waals surface area contributed by atoms with E-state index in [0.29, 0.717) is 10.0 Å². The second-order valence-corrected chi connectivity index (χ2v) is 5.20. The Morgan fingerprint density at radius 1 is 1.22 bits per heavy atom. The molecule has 1 heterocycles. The van der Waals surface area contributed by atoms with E-state index >= 15 is 0 Å². The molecule has 1 aromatic carbocycles. The van der Waals surface area contributed by atoms with E-state index in [2.05, 4.69) is 22.9 Å². The lowest BCUT2D eigenvalue weighted by molar-refractivity contribution is 0.558. The Morgan fingerprint density at radius 3 is 2.61 bits per heavy atom. The maximum atomic E-state index is 6.02. The first-order valence-electron chi connectivity index (χ1n) is 5.86. The van der Waals surface area contributed by atoms with Crippen LogP contribution in [0.5, 0.6) is 0 Å². The first-order chi connectivity index (χ1) is 8.58. The van der Waals surface area contributed by atoms with Crippen LogP contribution < -0.4 is 5.32 Å². The Balaban J connectivity index is 2.01. The number of hydrogen-bond acceptors (Lipinski definition) is 1.